The van der Waals surface area contributed by atoms with Crippen molar-refractivity contribution in [3.8, 4) is 11.4 Å². The molecule has 2 aromatic rings. The van der Waals surface area contributed by atoms with Crippen LogP contribution in [0.2, 0.25) is 0 Å². The van der Waals surface area contributed by atoms with Crippen molar-refractivity contribution in [2.24, 2.45) is 5.92 Å². The van der Waals surface area contributed by atoms with Crippen LogP contribution in [0.1, 0.15) is 19.5 Å². The van der Waals surface area contributed by atoms with E-state index in [1.807, 2.05) is 29.9 Å². The van der Waals surface area contributed by atoms with Crippen molar-refractivity contribution < 1.29 is 0 Å². The van der Waals surface area contributed by atoms with E-state index in [1.54, 1.807) is 6.33 Å². The van der Waals surface area contributed by atoms with Crippen molar-refractivity contribution in [1.82, 2.24) is 19.7 Å². The molecule has 0 aromatic carbocycles. The Labute approximate surface area is 95.4 Å². The van der Waals surface area contributed by atoms with Gasteiger partial charge in [0.2, 0.25) is 0 Å². The Hall–Kier alpha value is -1.71. The maximum Gasteiger partial charge on any atom is 0.159 e. The summed E-state index contributed by atoms with van der Waals surface area (Å²) < 4.78 is 1.93. The second kappa shape index (κ2) is 4.43. The summed E-state index contributed by atoms with van der Waals surface area (Å²) in [4.78, 5) is 8.56. The molecular weight excluding hydrogens is 200 g/mol. The molecule has 2 aromatic heterocycles. The normalized spacial score (nSPS) is 11.0. The topological polar surface area (TPSA) is 43.6 Å². The number of rotatable bonds is 3. The molecule has 0 saturated carbocycles. The van der Waals surface area contributed by atoms with E-state index in [9.17, 15) is 0 Å². The standard InChI is InChI=1S/C12H16N4/c1-9(2)7-16-12(14-8-15-16)11-5-4-10(3)13-6-11/h4-6,8-9H,7H2,1-3H3. The predicted molar refractivity (Wildman–Crippen MR) is 62.8 cm³/mol. The first-order valence-electron chi connectivity index (χ1n) is 5.47. The molecule has 0 radical (unpaired) electrons. The van der Waals surface area contributed by atoms with Gasteiger partial charge in [-0.25, -0.2) is 9.67 Å². The molecule has 0 spiro atoms. The van der Waals surface area contributed by atoms with Crippen LogP contribution in [0.25, 0.3) is 11.4 Å². The third-order valence-electron chi connectivity index (χ3n) is 2.32. The van der Waals surface area contributed by atoms with Gasteiger partial charge in [0.15, 0.2) is 5.82 Å². The molecule has 0 bridgehead atoms. The number of nitrogens with zero attached hydrogens (tertiary/aromatic N) is 4. The summed E-state index contributed by atoms with van der Waals surface area (Å²) >= 11 is 0. The molecule has 0 fully saturated rings. The van der Waals surface area contributed by atoms with Gasteiger partial charge in [-0.2, -0.15) is 5.10 Å². The third-order valence-corrected chi connectivity index (χ3v) is 2.32. The van der Waals surface area contributed by atoms with Crippen molar-refractivity contribution in [2.45, 2.75) is 27.3 Å². The Morgan fingerprint density at radius 3 is 2.69 bits per heavy atom. The van der Waals surface area contributed by atoms with Crippen LogP contribution in [-0.4, -0.2) is 19.7 Å². The lowest BCUT2D eigenvalue weighted by Gasteiger charge is -2.08. The summed E-state index contributed by atoms with van der Waals surface area (Å²) in [6.07, 6.45) is 3.44. The monoisotopic (exact) mass is 216 g/mol. The Balaban J connectivity index is 2.33. The fourth-order valence-electron chi connectivity index (χ4n) is 1.57. The summed E-state index contributed by atoms with van der Waals surface area (Å²) in [6.45, 7) is 7.18. The zero-order valence-electron chi connectivity index (χ0n) is 9.88. The van der Waals surface area contributed by atoms with Crippen molar-refractivity contribution in [3.63, 3.8) is 0 Å². The highest BCUT2D eigenvalue weighted by Gasteiger charge is 2.08. The second-order valence-electron chi connectivity index (χ2n) is 4.35. The van der Waals surface area contributed by atoms with Crippen molar-refractivity contribution in [2.75, 3.05) is 0 Å². The molecular formula is C12H16N4. The Morgan fingerprint density at radius 2 is 2.06 bits per heavy atom. The smallest absolute Gasteiger partial charge is 0.159 e. The number of hydrogen-bond acceptors (Lipinski definition) is 3. The van der Waals surface area contributed by atoms with Gasteiger partial charge in [0.05, 0.1) is 0 Å². The molecule has 0 unspecified atom stereocenters. The summed E-state index contributed by atoms with van der Waals surface area (Å²) in [5, 5.41) is 4.23. The molecule has 0 saturated heterocycles. The van der Waals surface area contributed by atoms with Gasteiger partial charge in [0.1, 0.15) is 6.33 Å². The zero-order chi connectivity index (χ0) is 11.5. The quantitative estimate of drug-likeness (QED) is 0.790. The minimum atomic E-state index is 0.554. The molecule has 4 heteroatoms. The third kappa shape index (κ3) is 2.27. The summed E-state index contributed by atoms with van der Waals surface area (Å²) in [7, 11) is 0. The molecule has 0 aliphatic rings. The SMILES string of the molecule is Cc1ccc(-c2ncnn2CC(C)C)cn1. The van der Waals surface area contributed by atoms with Gasteiger partial charge in [-0.3, -0.25) is 4.98 Å². The van der Waals surface area contributed by atoms with E-state index in [0.29, 0.717) is 5.92 Å². The minimum absolute atomic E-state index is 0.554. The van der Waals surface area contributed by atoms with Crippen LogP contribution in [0.3, 0.4) is 0 Å². The Morgan fingerprint density at radius 1 is 1.25 bits per heavy atom. The molecule has 0 amide bonds. The summed E-state index contributed by atoms with van der Waals surface area (Å²) in [6, 6.07) is 4.02. The van der Waals surface area contributed by atoms with E-state index in [0.717, 1.165) is 23.6 Å². The Kier molecular flexibility index (Phi) is 2.99. The molecule has 2 heterocycles. The largest absolute Gasteiger partial charge is 0.261 e. The summed E-state index contributed by atoms with van der Waals surface area (Å²) in [5.74, 6) is 1.44. The maximum atomic E-state index is 4.28. The number of aromatic nitrogens is 4. The van der Waals surface area contributed by atoms with E-state index >= 15 is 0 Å². The number of hydrogen-bond donors (Lipinski definition) is 0. The summed E-state index contributed by atoms with van der Waals surface area (Å²) in [5.41, 5.74) is 2.03. The lowest BCUT2D eigenvalue weighted by atomic mass is 10.2. The zero-order valence-corrected chi connectivity index (χ0v) is 9.88. The van der Waals surface area contributed by atoms with Gasteiger partial charge >= 0.3 is 0 Å². The van der Waals surface area contributed by atoms with Crippen LogP contribution in [0.5, 0.6) is 0 Å². The van der Waals surface area contributed by atoms with E-state index in [1.165, 1.54) is 0 Å². The molecule has 0 aliphatic heterocycles. The molecule has 4 nitrogen and oxygen atoms in total. The number of pyridine rings is 1. The highest BCUT2D eigenvalue weighted by molar-refractivity contribution is 5.53. The molecule has 2 rings (SSSR count). The highest BCUT2D eigenvalue weighted by atomic mass is 15.3. The molecule has 84 valence electrons. The van der Waals surface area contributed by atoms with Gasteiger partial charge in [-0.15, -0.1) is 0 Å². The van der Waals surface area contributed by atoms with Gasteiger partial charge in [-0.05, 0) is 25.0 Å². The average molecular weight is 216 g/mol. The van der Waals surface area contributed by atoms with E-state index in [4.69, 9.17) is 0 Å². The Bertz CT molecular complexity index is 456. The highest BCUT2D eigenvalue weighted by Crippen LogP contribution is 2.16. The average Bonchev–Trinajstić information content (AvgIpc) is 2.66. The first-order chi connectivity index (χ1) is 7.66. The first kappa shape index (κ1) is 10.8. The van der Waals surface area contributed by atoms with Gasteiger partial charge in [0.25, 0.3) is 0 Å². The van der Waals surface area contributed by atoms with Crippen LogP contribution >= 0.6 is 0 Å². The minimum Gasteiger partial charge on any atom is -0.261 e. The molecule has 0 aliphatic carbocycles. The van der Waals surface area contributed by atoms with Crippen molar-refractivity contribution >= 4 is 0 Å². The number of aryl methyl sites for hydroxylation is 1. The molecule has 0 N–H and O–H groups in total. The van der Waals surface area contributed by atoms with Crippen LogP contribution in [0.4, 0.5) is 0 Å². The second-order valence-corrected chi connectivity index (χ2v) is 4.35. The van der Waals surface area contributed by atoms with Crippen LogP contribution in [-0.2, 0) is 6.54 Å². The van der Waals surface area contributed by atoms with Crippen LogP contribution in [0, 0.1) is 12.8 Å². The van der Waals surface area contributed by atoms with Gasteiger partial charge in [-0.1, -0.05) is 13.8 Å². The first-order valence-corrected chi connectivity index (χ1v) is 5.47. The van der Waals surface area contributed by atoms with Crippen molar-refractivity contribution in [3.05, 3.63) is 30.4 Å². The van der Waals surface area contributed by atoms with E-state index in [2.05, 4.69) is 28.9 Å². The van der Waals surface area contributed by atoms with E-state index < -0.39 is 0 Å². The predicted octanol–water partition coefficient (Wildman–Crippen LogP) is 2.30. The molecule has 0 atom stereocenters. The fraction of sp³-hybridized carbons (Fsp3) is 0.417. The van der Waals surface area contributed by atoms with E-state index in [-0.39, 0.29) is 0 Å². The fourth-order valence-corrected chi connectivity index (χ4v) is 1.57. The van der Waals surface area contributed by atoms with Crippen LogP contribution in [0.15, 0.2) is 24.7 Å². The lowest BCUT2D eigenvalue weighted by Crippen LogP contribution is -2.07. The van der Waals surface area contributed by atoms with Gasteiger partial charge in [0, 0.05) is 24.0 Å². The van der Waals surface area contributed by atoms with Crippen LogP contribution < -0.4 is 0 Å². The maximum absolute atomic E-state index is 4.28. The van der Waals surface area contributed by atoms with Gasteiger partial charge < -0.3 is 0 Å². The van der Waals surface area contributed by atoms with Crippen molar-refractivity contribution in [1.29, 1.82) is 0 Å². The lowest BCUT2D eigenvalue weighted by molar-refractivity contribution is 0.486. The molecule has 16 heavy (non-hydrogen) atoms.